The molecule has 0 aliphatic carbocycles. The van der Waals surface area contributed by atoms with Crippen molar-refractivity contribution in [1.29, 1.82) is 0 Å². The predicted octanol–water partition coefficient (Wildman–Crippen LogP) is -1.71. The molecule has 2 atom stereocenters. The first-order chi connectivity index (χ1) is 12.2. The number of carbonyl (C=O) groups is 4. The molecule has 0 aromatic carbocycles. The first-order valence-electron chi connectivity index (χ1n) is 8.70. The molecule has 26 heavy (non-hydrogen) atoms. The van der Waals surface area contributed by atoms with Gasteiger partial charge < -0.3 is 32.5 Å². The summed E-state index contributed by atoms with van der Waals surface area (Å²) in [5, 5.41) is 16.4. The van der Waals surface area contributed by atoms with Crippen molar-refractivity contribution < 1.29 is 24.3 Å². The van der Waals surface area contributed by atoms with Crippen LogP contribution in [-0.4, -0.2) is 60.5 Å². The SMILES string of the molecule is CC(C)CC(NC(=O)CNC(=O)C(CCCCN)NC(=O)CN)C(=O)O. The van der Waals surface area contributed by atoms with Crippen molar-refractivity contribution in [3.63, 3.8) is 0 Å². The number of hydrogen-bond acceptors (Lipinski definition) is 6. The quantitative estimate of drug-likeness (QED) is 0.208. The number of rotatable bonds is 13. The molecule has 10 nitrogen and oxygen atoms in total. The lowest BCUT2D eigenvalue weighted by molar-refractivity contribution is -0.142. The molecule has 8 N–H and O–H groups in total. The van der Waals surface area contributed by atoms with Gasteiger partial charge in [-0.2, -0.15) is 0 Å². The summed E-state index contributed by atoms with van der Waals surface area (Å²) >= 11 is 0. The minimum Gasteiger partial charge on any atom is -0.480 e. The molecule has 0 aromatic heterocycles. The van der Waals surface area contributed by atoms with Crippen LogP contribution < -0.4 is 27.4 Å². The van der Waals surface area contributed by atoms with Crippen molar-refractivity contribution in [3.05, 3.63) is 0 Å². The second kappa shape index (κ2) is 13.1. The van der Waals surface area contributed by atoms with E-state index < -0.39 is 35.8 Å². The number of carbonyl (C=O) groups excluding carboxylic acids is 3. The van der Waals surface area contributed by atoms with Crippen LogP contribution in [0.3, 0.4) is 0 Å². The average molecular weight is 373 g/mol. The molecule has 2 unspecified atom stereocenters. The molecular formula is C16H31N5O5. The molecule has 0 saturated heterocycles. The summed E-state index contributed by atoms with van der Waals surface area (Å²) in [6.45, 7) is 3.52. The van der Waals surface area contributed by atoms with Crippen molar-refractivity contribution in [3.8, 4) is 0 Å². The number of carboxylic acid groups (broad SMARTS) is 1. The summed E-state index contributed by atoms with van der Waals surface area (Å²) in [4.78, 5) is 46.7. The molecule has 0 spiro atoms. The van der Waals surface area contributed by atoms with E-state index in [1.165, 1.54) is 0 Å². The fraction of sp³-hybridized carbons (Fsp3) is 0.750. The number of carboxylic acids is 1. The van der Waals surface area contributed by atoms with Gasteiger partial charge in [-0.3, -0.25) is 14.4 Å². The minimum absolute atomic E-state index is 0.0874. The number of unbranched alkanes of at least 4 members (excludes halogenated alkanes) is 1. The Hall–Kier alpha value is -2.20. The maximum Gasteiger partial charge on any atom is 0.326 e. The van der Waals surface area contributed by atoms with Crippen LogP contribution in [0.25, 0.3) is 0 Å². The van der Waals surface area contributed by atoms with Gasteiger partial charge in [0.15, 0.2) is 0 Å². The first kappa shape index (κ1) is 23.8. The fourth-order valence-electron chi connectivity index (χ4n) is 2.24. The van der Waals surface area contributed by atoms with Crippen LogP contribution >= 0.6 is 0 Å². The number of hydrogen-bond donors (Lipinski definition) is 6. The van der Waals surface area contributed by atoms with Gasteiger partial charge in [0.2, 0.25) is 17.7 Å². The van der Waals surface area contributed by atoms with Gasteiger partial charge in [0.25, 0.3) is 0 Å². The van der Waals surface area contributed by atoms with Gasteiger partial charge in [0.05, 0.1) is 13.1 Å². The molecule has 150 valence electrons. The predicted molar refractivity (Wildman–Crippen MR) is 95.9 cm³/mol. The van der Waals surface area contributed by atoms with Gasteiger partial charge in [-0.25, -0.2) is 4.79 Å². The standard InChI is InChI=1S/C16H31N5O5/c1-10(2)7-12(16(25)26)21-14(23)9-19-15(24)11(5-3-4-6-17)20-13(22)8-18/h10-12H,3-9,17-18H2,1-2H3,(H,19,24)(H,20,22)(H,21,23)(H,25,26). The van der Waals surface area contributed by atoms with Gasteiger partial charge >= 0.3 is 5.97 Å². The highest BCUT2D eigenvalue weighted by molar-refractivity contribution is 5.91. The normalized spacial score (nSPS) is 13.0. The van der Waals surface area contributed by atoms with Crippen molar-refractivity contribution in [2.45, 2.75) is 51.6 Å². The van der Waals surface area contributed by atoms with E-state index in [0.717, 1.165) is 0 Å². The van der Waals surface area contributed by atoms with Crippen LogP contribution in [0, 0.1) is 5.92 Å². The van der Waals surface area contributed by atoms with E-state index in [1.807, 2.05) is 13.8 Å². The Morgan fingerprint density at radius 3 is 2.08 bits per heavy atom. The Morgan fingerprint density at radius 2 is 1.58 bits per heavy atom. The lowest BCUT2D eigenvalue weighted by atomic mass is 10.0. The van der Waals surface area contributed by atoms with E-state index in [1.54, 1.807) is 0 Å². The van der Waals surface area contributed by atoms with Gasteiger partial charge in [0, 0.05) is 0 Å². The third kappa shape index (κ3) is 10.6. The van der Waals surface area contributed by atoms with E-state index in [4.69, 9.17) is 16.6 Å². The Morgan fingerprint density at radius 1 is 0.962 bits per heavy atom. The average Bonchev–Trinajstić information content (AvgIpc) is 2.57. The Kier molecular flexibility index (Phi) is 12.0. The minimum atomic E-state index is -1.13. The van der Waals surface area contributed by atoms with Crippen LogP contribution in [0.15, 0.2) is 0 Å². The lowest BCUT2D eigenvalue weighted by Crippen LogP contribution is -2.51. The van der Waals surface area contributed by atoms with Crippen LogP contribution in [0.4, 0.5) is 0 Å². The van der Waals surface area contributed by atoms with E-state index in [9.17, 15) is 19.2 Å². The summed E-state index contributed by atoms with van der Waals surface area (Å²) < 4.78 is 0. The number of nitrogens with one attached hydrogen (secondary N) is 3. The van der Waals surface area contributed by atoms with E-state index >= 15 is 0 Å². The maximum absolute atomic E-state index is 12.2. The van der Waals surface area contributed by atoms with Gasteiger partial charge in [-0.05, 0) is 38.1 Å². The molecular weight excluding hydrogens is 342 g/mol. The van der Waals surface area contributed by atoms with Crippen LogP contribution in [0.5, 0.6) is 0 Å². The fourth-order valence-corrected chi connectivity index (χ4v) is 2.24. The summed E-state index contributed by atoms with van der Waals surface area (Å²) in [5.74, 6) is -2.67. The molecule has 0 radical (unpaired) electrons. The molecule has 0 fully saturated rings. The molecule has 3 amide bonds. The summed E-state index contributed by atoms with van der Waals surface area (Å²) in [7, 11) is 0. The van der Waals surface area contributed by atoms with E-state index in [-0.39, 0.29) is 25.4 Å². The molecule has 0 bridgehead atoms. The van der Waals surface area contributed by atoms with Crippen LogP contribution in [0.2, 0.25) is 0 Å². The van der Waals surface area contributed by atoms with Crippen molar-refractivity contribution in [2.75, 3.05) is 19.6 Å². The Balaban J connectivity index is 4.59. The van der Waals surface area contributed by atoms with Crippen molar-refractivity contribution in [1.82, 2.24) is 16.0 Å². The number of nitrogens with two attached hydrogens (primary N) is 2. The van der Waals surface area contributed by atoms with Crippen LogP contribution in [0.1, 0.15) is 39.5 Å². The highest BCUT2D eigenvalue weighted by Gasteiger charge is 2.23. The largest absolute Gasteiger partial charge is 0.480 e. The number of amides is 3. The smallest absolute Gasteiger partial charge is 0.326 e. The van der Waals surface area contributed by atoms with E-state index in [2.05, 4.69) is 16.0 Å². The molecule has 0 heterocycles. The van der Waals surface area contributed by atoms with Gasteiger partial charge in [-0.15, -0.1) is 0 Å². The Bertz CT molecular complexity index is 484. The highest BCUT2D eigenvalue weighted by Crippen LogP contribution is 2.05. The second-order valence-corrected chi connectivity index (χ2v) is 6.41. The maximum atomic E-state index is 12.2. The van der Waals surface area contributed by atoms with Gasteiger partial charge in [0.1, 0.15) is 12.1 Å². The van der Waals surface area contributed by atoms with E-state index in [0.29, 0.717) is 25.8 Å². The molecule has 0 aliphatic rings. The first-order valence-corrected chi connectivity index (χ1v) is 8.70. The summed E-state index contributed by atoms with van der Waals surface area (Å²) in [5.41, 5.74) is 10.6. The van der Waals surface area contributed by atoms with Crippen molar-refractivity contribution in [2.24, 2.45) is 17.4 Å². The molecule has 10 heteroatoms. The second-order valence-electron chi connectivity index (χ2n) is 6.41. The van der Waals surface area contributed by atoms with Crippen LogP contribution in [-0.2, 0) is 19.2 Å². The zero-order valence-corrected chi connectivity index (χ0v) is 15.4. The third-order valence-electron chi connectivity index (χ3n) is 3.55. The Labute approximate surface area is 153 Å². The number of aliphatic carboxylic acids is 1. The summed E-state index contributed by atoms with van der Waals surface area (Å²) in [6.07, 6.45) is 1.96. The molecule has 0 aliphatic heterocycles. The monoisotopic (exact) mass is 373 g/mol. The summed E-state index contributed by atoms with van der Waals surface area (Å²) in [6, 6.07) is -1.84. The molecule has 0 rings (SSSR count). The molecule has 0 saturated carbocycles. The zero-order chi connectivity index (χ0) is 20.1. The zero-order valence-electron chi connectivity index (χ0n) is 15.4. The lowest BCUT2D eigenvalue weighted by Gasteiger charge is -2.19. The van der Waals surface area contributed by atoms with Crippen molar-refractivity contribution >= 4 is 23.7 Å². The third-order valence-corrected chi connectivity index (χ3v) is 3.55. The topological polar surface area (TPSA) is 177 Å². The highest BCUT2D eigenvalue weighted by atomic mass is 16.4. The van der Waals surface area contributed by atoms with Gasteiger partial charge in [-0.1, -0.05) is 13.8 Å². The molecule has 0 aromatic rings.